The van der Waals surface area contributed by atoms with Crippen LogP contribution in [0, 0.1) is 10.1 Å². The Bertz CT molecular complexity index is 604. The van der Waals surface area contributed by atoms with Gasteiger partial charge in [-0.1, -0.05) is 22.0 Å². The van der Waals surface area contributed by atoms with E-state index >= 15 is 0 Å². The van der Waals surface area contributed by atoms with Crippen molar-refractivity contribution in [1.82, 2.24) is 4.98 Å². The molecule has 0 aliphatic rings. The summed E-state index contributed by atoms with van der Waals surface area (Å²) in [6, 6.07) is 8.59. The molecule has 2 aromatic rings. The SMILES string of the molecule is Nc1ccc(SCc2ccc(Br)cc2[N+](=O)[O-])nc1. The smallest absolute Gasteiger partial charge is 0.274 e. The molecule has 19 heavy (non-hydrogen) atoms. The van der Waals surface area contributed by atoms with Crippen LogP contribution in [-0.4, -0.2) is 9.91 Å². The van der Waals surface area contributed by atoms with Gasteiger partial charge < -0.3 is 5.73 Å². The second kappa shape index (κ2) is 6.03. The minimum absolute atomic E-state index is 0.109. The quantitative estimate of drug-likeness (QED) is 0.522. The van der Waals surface area contributed by atoms with E-state index < -0.39 is 0 Å². The van der Waals surface area contributed by atoms with Gasteiger partial charge >= 0.3 is 0 Å². The molecular formula is C12H10BrN3O2S. The zero-order valence-electron chi connectivity index (χ0n) is 9.75. The normalized spacial score (nSPS) is 10.4. The van der Waals surface area contributed by atoms with E-state index in [4.69, 9.17) is 5.73 Å². The van der Waals surface area contributed by atoms with Crippen LogP contribution in [0.2, 0.25) is 0 Å². The summed E-state index contributed by atoms with van der Waals surface area (Å²) in [5.74, 6) is 0.487. The Kier molecular flexibility index (Phi) is 4.39. The summed E-state index contributed by atoms with van der Waals surface area (Å²) in [5, 5.41) is 11.8. The summed E-state index contributed by atoms with van der Waals surface area (Å²) in [7, 11) is 0. The van der Waals surface area contributed by atoms with Gasteiger partial charge in [-0.05, 0) is 18.2 Å². The Labute approximate surface area is 122 Å². The minimum atomic E-state index is -0.378. The van der Waals surface area contributed by atoms with Crippen molar-refractivity contribution in [3.63, 3.8) is 0 Å². The van der Waals surface area contributed by atoms with E-state index in [9.17, 15) is 10.1 Å². The molecule has 2 N–H and O–H groups in total. The standard InChI is InChI=1S/C12H10BrN3O2S/c13-9-2-1-8(11(5-9)16(17)18)7-19-12-4-3-10(14)6-15-12/h1-6H,7,14H2. The van der Waals surface area contributed by atoms with Gasteiger partial charge in [-0.2, -0.15) is 0 Å². The summed E-state index contributed by atoms with van der Waals surface area (Å²) in [6.07, 6.45) is 1.57. The second-order valence-electron chi connectivity index (χ2n) is 3.75. The van der Waals surface area contributed by atoms with E-state index in [1.165, 1.54) is 17.8 Å². The fourth-order valence-electron chi connectivity index (χ4n) is 1.46. The number of nitro benzene ring substituents is 1. The fraction of sp³-hybridized carbons (Fsp3) is 0.0833. The lowest BCUT2D eigenvalue weighted by Gasteiger charge is -2.03. The number of rotatable bonds is 4. The molecule has 0 unspecified atom stereocenters. The average Bonchev–Trinajstić information content (AvgIpc) is 2.39. The minimum Gasteiger partial charge on any atom is -0.397 e. The van der Waals surface area contributed by atoms with Crippen molar-refractivity contribution in [2.75, 3.05) is 5.73 Å². The maximum Gasteiger partial charge on any atom is 0.274 e. The molecule has 1 aromatic heterocycles. The van der Waals surface area contributed by atoms with Crippen LogP contribution in [0.5, 0.6) is 0 Å². The summed E-state index contributed by atoms with van der Waals surface area (Å²) in [6.45, 7) is 0. The summed E-state index contributed by atoms with van der Waals surface area (Å²) in [4.78, 5) is 14.7. The van der Waals surface area contributed by atoms with Crippen LogP contribution in [0.3, 0.4) is 0 Å². The van der Waals surface area contributed by atoms with Crippen LogP contribution in [0.15, 0.2) is 46.0 Å². The summed E-state index contributed by atoms with van der Waals surface area (Å²) < 4.78 is 0.693. The van der Waals surface area contributed by atoms with Crippen LogP contribution in [0.1, 0.15) is 5.56 Å². The van der Waals surface area contributed by atoms with Crippen molar-refractivity contribution in [2.24, 2.45) is 0 Å². The number of hydrogen-bond acceptors (Lipinski definition) is 5. The molecule has 0 saturated heterocycles. The monoisotopic (exact) mass is 339 g/mol. The number of benzene rings is 1. The Balaban J connectivity index is 2.15. The van der Waals surface area contributed by atoms with Crippen molar-refractivity contribution in [1.29, 1.82) is 0 Å². The van der Waals surface area contributed by atoms with Crippen LogP contribution in [0.4, 0.5) is 11.4 Å². The Morgan fingerprint density at radius 3 is 2.79 bits per heavy atom. The zero-order chi connectivity index (χ0) is 13.8. The van der Waals surface area contributed by atoms with Gasteiger partial charge in [-0.15, -0.1) is 11.8 Å². The molecular weight excluding hydrogens is 330 g/mol. The summed E-state index contributed by atoms with van der Waals surface area (Å²) >= 11 is 4.66. The Hall–Kier alpha value is -1.60. The van der Waals surface area contributed by atoms with Gasteiger partial charge in [0.25, 0.3) is 5.69 Å². The highest BCUT2D eigenvalue weighted by Crippen LogP contribution is 2.29. The predicted molar refractivity (Wildman–Crippen MR) is 79.0 cm³/mol. The van der Waals surface area contributed by atoms with E-state index in [1.54, 1.807) is 30.5 Å². The largest absolute Gasteiger partial charge is 0.397 e. The van der Waals surface area contributed by atoms with Crippen molar-refractivity contribution in [2.45, 2.75) is 10.8 Å². The van der Waals surface area contributed by atoms with E-state index in [1.807, 2.05) is 0 Å². The van der Waals surface area contributed by atoms with Gasteiger partial charge in [0.15, 0.2) is 0 Å². The third-order valence-electron chi connectivity index (χ3n) is 2.38. The van der Waals surface area contributed by atoms with E-state index in [-0.39, 0.29) is 10.6 Å². The highest BCUT2D eigenvalue weighted by molar-refractivity contribution is 9.10. The average molecular weight is 340 g/mol. The number of pyridine rings is 1. The highest BCUT2D eigenvalue weighted by Gasteiger charge is 2.14. The maximum atomic E-state index is 11.0. The predicted octanol–water partition coefficient (Wildman–Crippen LogP) is 3.63. The second-order valence-corrected chi connectivity index (χ2v) is 5.66. The third kappa shape index (κ3) is 3.68. The molecule has 0 bridgehead atoms. The highest BCUT2D eigenvalue weighted by atomic mass is 79.9. The molecule has 1 heterocycles. The number of nitrogen functional groups attached to an aromatic ring is 1. The molecule has 2 rings (SSSR count). The first-order valence-electron chi connectivity index (χ1n) is 5.33. The van der Waals surface area contributed by atoms with Gasteiger partial charge in [0.2, 0.25) is 0 Å². The van der Waals surface area contributed by atoms with Crippen LogP contribution >= 0.6 is 27.7 Å². The molecule has 0 fully saturated rings. The van der Waals surface area contributed by atoms with Gasteiger partial charge in [0.05, 0.1) is 21.8 Å². The molecule has 5 nitrogen and oxygen atoms in total. The number of nitro groups is 1. The maximum absolute atomic E-state index is 11.0. The Morgan fingerprint density at radius 2 is 2.16 bits per heavy atom. The van der Waals surface area contributed by atoms with Crippen molar-refractivity contribution >= 4 is 39.1 Å². The number of hydrogen-bond donors (Lipinski definition) is 1. The lowest BCUT2D eigenvalue weighted by atomic mass is 10.2. The van der Waals surface area contributed by atoms with Crippen LogP contribution in [-0.2, 0) is 5.75 Å². The third-order valence-corrected chi connectivity index (χ3v) is 3.86. The van der Waals surface area contributed by atoms with Gasteiger partial charge in [0.1, 0.15) is 0 Å². The number of anilines is 1. The fourth-order valence-corrected chi connectivity index (χ4v) is 2.65. The molecule has 7 heteroatoms. The first kappa shape index (κ1) is 13.8. The number of halogens is 1. The molecule has 98 valence electrons. The van der Waals surface area contributed by atoms with Crippen molar-refractivity contribution in [3.05, 3.63) is 56.7 Å². The van der Waals surface area contributed by atoms with Crippen molar-refractivity contribution < 1.29 is 4.92 Å². The van der Waals surface area contributed by atoms with Gasteiger partial charge in [-0.3, -0.25) is 10.1 Å². The van der Waals surface area contributed by atoms with E-state index in [0.717, 1.165) is 5.03 Å². The molecule has 0 spiro atoms. The lowest BCUT2D eigenvalue weighted by molar-refractivity contribution is -0.385. The molecule has 0 radical (unpaired) electrons. The van der Waals surface area contributed by atoms with Crippen LogP contribution in [0.25, 0.3) is 0 Å². The Morgan fingerprint density at radius 1 is 1.37 bits per heavy atom. The first-order chi connectivity index (χ1) is 9.06. The van der Waals surface area contributed by atoms with Crippen LogP contribution < -0.4 is 5.73 Å². The number of thioether (sulfide) groups is 1. The first-order valence-corrected chi connectivity index (χ1v) is 7.11. The van der Waals surface area contributed by atoms with E-state index in [2.05, 4.69) is 20.9 Å². The number of nitrogens with two attached hydrogens (primary N) is 1. The van der Waals surface area contributed by atoms with E-state index in [0.29, 0.717) is 21.5 Å². The molecule has 0 aliphatic heterocycles. The molecule has 0 saturated carbocycles. The topological polar surface area (TPSA) is 82.0 Å². The van der Waals surface area contributed by atoms with Gasteiger partial charge in [-0.25, -0.2) is 4.98 Å². The van der Waals surface area contributed by atoms with Crippen molar-refractivity contribution in [3.8, 4) is 0 Å². The molecule has 1 aromatic carbocycles. The van der Waals surface area contributed by atoms with Gasteiger partial charge in [0, 0.05) is 21.9 Å². The number of nitrogens with zero attached hydrogens (tertiary/aromatic N) is 2. The zero-order valence-corrected chi connectivity index (χ0v) is 12.1. The number of aromatic nitrogens is 1. The molecule has 0 amide bonds. The summed E-state index contributed by atoms with van der Waals surface area (Å²) in [5.41, 5.74) is 6.92. The molecule has 0 aliphatic carbocycles. The molecule has 0 atom stereocenters. The lowest BCUT2D eigenvalue weighted by Crippen LogP contribution is -1.94.